The van der Waals surface area contributed by atoms with Gasteiger partial charge in [0.1, 0.15) is 0 Å². The van der Waals surface area contributed by atoms with E-state index < -0.39 is 60.4 Å². The zero-order valence-corrected chi connectivity index (χ0v) is 34.4. The third-order valence-electron chi connectivity index (χ3n) is 11.9. The van der Waals surface area contributed by atoms with E-state index in [1.807, 2.05) is 72.8 Å². The van der Waals surface area contributed by atoms with Crippen molar-refractivity contribution in [1.29, 1.82) is 0 Å². The maximum absolute atomic E-state index is 9.04. The van der Waals surface area contributed by atoms with E-state index >= 15 is 0 Å². The highest BCUT2D eigenvalue weighted by atomic mass is 15.1. The van der Waals surface area contributed by atoms with E-state index in [9.17, 15) is 0 Å². The summed E-state index contributed by atoms with van der Waals surface area (Å²) in [6.45, 7) is 4.48. The number of aromatic nitrogens is 7. The van der Waals surface area contributed by atoms with E-state index in [-0.39, 0.29) is 51.5 Å². The van der Waals surface area contributed by atoms with E-state index in [4.69, 9.17) is 43.6 Å². The molecule has 7 heteroatoms. The van der Waals surface area contributed by atoms with Crippen molar-refractivity contribution < 1.29 is 13.7 Å². The van der Waals surface area contributed by atoms with Gasteiger partial charge in [-0.15, -0.1) is 0 Å². The average Bonchev–Trinajstić information content (AvgIpc) is 3.89. The summed E-state index contributed by atoms with van der Waals surface area (Å²) in [6.07, 6.45) is 0. The summed E-state index contributed by atoms with van der Waals surface area (Å²) in [7, 11) is 0. The van der Waals surface area contributed by atoms with Gasteiger partial charge in [-0.3, -0.25) is 0 Å². The van der Waals surface area contributed by atoms with Crippen LogP contribution in [0.2, 0.25) is 0 Å². The maximum Gasteiger partial charge on any atom is 0.166 e. The molecule has 0 spiro atoms. The minimum absolute atomic E-state index is 0.0827. The number of hydrogen-bond donors (Lipinski definition) is 0. The Hall–Kier alpha value is -8.42. The molecule has 3 heterocycles. The molecule has 3 aromatic heterocycles. The molecule has 11 aromatic rings. The largest absolute Gasteiger partial charge is 0.308 e. The molecule has 0 unspecified atom stereocenters. The fourth-order valence-electron chi connectivity index (χ4n) is 8.94. The average molecular weight is 832 g/mol. The van der Waals surface area contributed by atoms with Crippen LogP contribution in [0.15, 0.2) is 200 Å². The Bertz CT molecular complexity index is 4130. The van der Waals surface area contributed by atoms with Crippen LogP contribution in [0.3, 0.4) is 0 Å². The van der Waals surface area contributed by atoms with E-state index in [1.165, 1.54) is 11.1 Å². The fraction of sp³-hybridized carbons (Fsp3) is 0.0526. The summed E-state index contributed by atoms with van der Waals surface area (Å²) >= 11 is 0. The summed E-state index contributed by atoms with van der Waals surface area (Å²) in [6, 6.07) is 39.4. The molecular formula is C57H39N7. The van der Waals surface area contributed by atoms with Gasteiger partial charge in [0, 0.05) is 49.6 Å². The predicted octanol–water partition coefficient (Wildman–Crippen LogP) is 13.5. The van der Waals surface area contributed by atoms with Gasteiger partial charge in [0.05, 0.1) is 30.4 Å². The van der Waals surface area contributed by atoms with Crippen molar-refractivity contribution in [2.75, 3.05) is 0 Å². The lowest BCUT2D eigenvalue weighted by atomic mass is 9.82. The van der Waals surface area contributed by atoms with Gasteiger partial charge in [0.2, 0.25) is 0 Å². The number of fused-ring (bicyclic) bond motifs is 7. The quantitative estimate of drug-likeness (QED) is 0.159. The zero-order chi connectivity index (χ0) is 51.5. The van der Waals surface area contributed by atoms with Crippen LogP contribution in [0.25, 0.3) is 107 Å². The Labute approximate surface area is 384 Å². The van der Waals surface area contributed by atoms with Gasteiger partial charge < -0.3 is 4.57 Å². The molecule has 0 fully saturated rings. The van der Waals surface area contributed by atoms with Crippen LogP contribution < -0.4 is 0 Å². The highest BCUT2D eigenvalue weighted by molar-refractivity contribution is 6.18. The summed E-state index contributed by atoms with van der Waals surface area (Å²) < 4.78 is 89.0. The van der Waals surface area contributed by atoms with Gasteiger partial charge in [-0.25, -0.2) is 29.9 Å². The van der Waals surface area contributed by atoms with Crippen LogP contribution in [-0.4, -0.2) is 34.5 Å². The van der Waals surface area contributed by atoms with E-state index in [1.54, 1.807) is 18.2 Å². The first kappa shape index (κ1) is 28.2. The van der Waals surface area contributed by atoms with Gasteiger partial charge >= 0.3 is 0 Å². The molecule has 7 nitrogen and oxygen atoms in total. The topological polar surface area (TPSA) is 82.3 Å². The summed E-state index contributed by atoms with van der Waals surface area (Å²) in [4.78, 5) is 29.5. The second kappa shape index (κ2) is 14.9. The summed E-state index contributed by atoms with van der Waals surface area (Å²) in [5.74, 6) is 0.219. The molecule has 12 rings (SSSR count). The maximum atomic E-state index is 9.04. The molecule has 0 radical (unpaired) electrons. The zero-order valence-electron chi connectivity index (χ0n) is 44.4. The molecule has 1 aliphatic rings. The van der Waals surface area contributed by atoms with Gasteiger partial charge in [0.15, 0.2) is 34.9 Å². The Balaban J connectivity index is 1.20. The molecular weight excluding hydrogens is 783 g/mol. The molecule has 0 saturated carbocycles. The highest BCUT2D eigenvalue weighted by Gasteiger charge is 2.37. The van der Waals surface area contributed by atoms with E-state index in [0.29, 0.717) is 27.9 Å². The number of para-hydroxylation sites is 1. The number of nitrogens with zero attached hydrogens (tertiary/aromatic N) is 7. The smallest absolute Gasteiger partial charge is 0.166 e. The Kier molecular flexibility index (Phi) is 6.57. The standard InChI is InChI=1S/C57H39N7/c1-57(2)44-29-17-15-27-41(44)49-45(57)32-34-48-50(49)42-28-16-18-30-46(42)64(48)47-33-31-40(55-60-51(36-19-7-3-8-20-36)58-52(61-55)37-21-9-4-10-22-37)35-43(47)56-62-53(38-23-11-5-12-24-38)59-54(63-56)39-25-13-6-14-26-39/h3-35H,1-2H3/i3D,5D,7D,8D,11D,12D,19D,20D,23D,24D. The molecule has 0 saturated heterocycles. The lowest BCUT2D eigenvalue weighted by Crippen LogP contribution is -2.14. The first-order chi connectivity index (χ1) is 35.6. The number of benzene rings is 8. The third kappa shape index (κ3) is 6.12. The molecule has 0 bridgehead atoms. The van der Waals surface area contributed by atoms with Crippen molar-refractivity contribution in [3.8, 4) is 85.1 Å². The molecule has 1 aliphatic carbocycles. The van der Waals surface area contributed by atoms with Crippen LogP contribution in [0.5, 0.6) is 0 Å². The first-order valence-electron chi connectivity index (χ1n) is 25.7. The van der Waals surface area contributed by atoms with Crippen LogP contribution in [-0.2, 0) is 5.41 Å². The van der Waals surface area contributed by atoms with Crippen LogP contribution in [0.4, 0.5) is 0 Å². The van der Waals surface area contributed by atoms with Gasteiger partial charge in [-0.2, -0.15) is 0 Å². The fourth-order valence-corrected chi connectivity index (χ4v) is 8.94. The monoisotopic (exact) mass is 831 g/mol. The Morgan fingerprint density at radius 3 is 1.55 bits per heavy atom. The third-order valence-corrected chi connectivity index (χ3v) is 11.9. The molecule has 64 heavy (non-hydrogen) atoms. The molecule has 0 aliphatic heterocycles. The number of hydrogen-bond acceptors (Lipinski definition) is 6. The minimum Gasteiger partial charge on any atom is -0.308 e. The summed E-state index contributed by atoms with van der Waals surface area (Å²) in [5.41, 5.74) is 8.30. The lowest BCUT2D eigenvalue weighted by molar-refractivity contribution is 0.661. The van der Waals surface area contributed by atoms with Crippen molar-refractivity contribution >= 4 is 21.8 Å². The van der Waals surface area contributed by atoms with E-state index in [0.717, 1.165) is 32.9 Å². The van der Waals surface area contributed by atoms with Gasteiger partial charge in [-0.05, 0) is 52.6 Å². The first-order valence-corrected chi connectivity index (χ1v) is 20.7. The molecule has 0 atom stereocenters. The molecule has 0 N–H and O–H groups in total. The summed E-state index contributed by atoms with van der Waals surface area (Å²) in [5, 5.41) is 2.04. The van der Waals surface area contributed by atoms with Crippen molar-refractivity contribution in [1.82, 2.24) is 34.5 Å². The number of rotatable bonds is 7. The lowest BCUT2D eigenvalue weighted by Gasteiger charge is -2.21. The van der Waals surface area contributed by atoms with Crippen molar-refractivity contribution in [3.63, 3.8) is 0 Å². The van der Waals surface area contributed by atoms with Crippen LogP contribution in [0, 0.1) is 0 Å². The second-order valence-electron chi connectivity index (χ2n) is 16.0. The molecule has 302 valence electrons. The predicted molar refractivity (Wildman–Crippen MR) is 258 cm³/mol. The SMILES string of the molecule is [2H]c1c([2H])c([2H])c(-c2nc(-c3ccccc3)nc(-c3ccc(-n4c5ccccc5c5c6c(ccc54)C(C)(C)c4ccccc4-6)c(-c4nc(-c5ccccc5)nc(-c5c([2H])c([2H])c([2H])c([2H])c5[2H])n4)c3)n2)c([2H])c1[2H]. The van der Waals surface area contributed by atoms with Gasteiger partial charge in [-0.1, -0.05) is 183 Å². The Morgan fingerprint density at radius 2 is 0.922 bits per heavy atom. The van der Waals surface area contributed by atoms with Crippen molar-refractivity contribution in [2.45, 2.75) is 19.3 Å². The minimum atomic E-state index is -0.560. The molecule has 0 amide bonds. The normalized spacial score (nSPS) is 14.8. The molecule has 8 aromatic carbocycles. The van der Waals surface area contributed by atoms with E-state index in [2.05, 4.69) is 66.9 Å². The van der Waals surface area contributed by atoms with Crippen LogP contribution >= 0.6 is 0 Å². The second-order valence-corrected chi connectivity index (χ2v) is 16.0. The van der Waals surface area contributed by atoms with Crippen LogP contribution in [0.1, 0.15) is 38.7 Å². The van der Waals surface area contributed by atoms with Crippen molar-refractivity contribution in [3.05, 3.63) is 211 Å². The van der Waals surface area contributed by atoms with Crippen molar-refractivity contribution in [2.24, 2.45) is 0 Å². The highest BCUT2D eigenvalue weighted by Crippen LogP contribution is 2.53. The Morgan fingerprint density at radius 1 is 0.406 bits per heavy atom. The van der Waals surface area contributed by atoms with Gasteiger partial charge in [0.25, 0.3) is 0 Å².